The molecule has 5 rings (SSSR count). The molecule has 4 aromatic rings. The lowest BCUT2D eigenvalue weighted by Crippen LogP contribution is -2.18. The Bertz CT molecular complexity index is 1250. The Morgan fingerprint density at radius 1 is 1.06 bits per heavy atom. The third kappa shape index (κ3) is 3.93. The van der Waals surface area contributed by atoms with Gasteiger partial charge >= 0.3 is 0 Å². The minimum absolute atomic E-state index is 0.00418. The van der Waals surface area contributed by atoms with E-state index in [-0.39, 0.29) is 17.5 Å². The van der Waals surface area contributed by atoms with Crippen molar-refractivity contribution in [1.82, 2.24) is 19.7 Å². The molecule has 1 aliphatic heterocycles. The van der Waals surface area contributed by atoms with E-state index in [0.29, 0.717) is 5.95 Å². The van der Waals surface area contributed by atoms with E-state index in [1.165, 1.54) is 7.11 Å². The van der Waals surface area contributed by atoms with Crippen LogP contribution in [0.25, 0.3) is 11.1 Å². The second-order valence-electron chi connectivity index (χ2n) is 7.99. The molecule has 7 heteroatoms. The van der Waals surface area contributed by atoms with E-state index in [1.54, 1.807) is 12.1 Å². The fourth-order valence-corrected chi connectivity index (χ4v) is 4.22. The van der Waals surface area contributed by atoms with E-state index in [1.807, 2.05) is 42.1 Å². The van der Waals surface area contributed by atoms with Gasteiger partial charge in [0, 0.05) is 30.0 Å². The van der Waals surface area contributed by atoms with Crippen molar-refractivity contribution in [2.24, 2.45) is 0 Å². The molecule has 32 heavy (non-hydrogen) atoms. The summed E-state index contributed by atoms with van der Waals surface area (Å²) in [7, 11) is 1.47. The minimum atomic E-state index is -0.357. The topological polar surface area (TPSA) is 64.9 Å². The molecule has 2 aromatic heterocycles. The van der Waals surface area contributed by atoms with Crippen LogP contribution in [0, 0.1) is 12.7 Å². The van der Waals surface area contributed by atoms with Gasteiger partial charge in [-0.3, -0.25) is 4.98 Å². The summed E-state index contributed by atoms with van der Waals surface area (Å²) in [6.07, 6.45) is 3.69. The summed E-state index contributed by atoms with van der Waals surface area (Å²) in [5.74, 6) is 1.30. The Hall–Kier alpha value is -3.74. The second-order valence-corrected chi connectivity index (χ2v) is 7.99. The fourth-order valence-electron chi connectivity index (χ4n) is 4.22. The molecule has 162 valence electrons. The van der Waals surface area contributed by atoms with Crippen molar-refractivity contribution in [2.75, 3.05) is 12.4 Å². The van der Waals surface area contributed by atoms with Crippen molar-refractivity contribution in [1.29, 1.82) is 0 Å². The monoisotopic (exact) mass is 429 g/mol. The molecule has 0 spiro atoms. The number of fused-ring (bicyclic) bond motifs is 1. The number of methoxy groups -OCH3 is 1. The van der Waals surface area contributed by atoms with E-state index in [4.69, 9.17) is 9.72 Å². The van der Waals surface area contributed by atoms with Crippen LogP contribution >= 0.6 is 0 Å². The Morgan fingerprint density at radius 3 is 2.66 bits per heavy atom. The van der Waals surface area contributed by atoms with Gasteiger partial charge in [-0.1, -0.05) is 18.2 Å². The van der Waals surface area contributed by atoms with Crippen LogP contribution in [0.3, 0.4) is 0 Å². The maximum absolute atomic E-state index is 14.3. The Labute approximate surface area is 186 Å². The minimum Gasteiger partial charge on any atom is -0.494 e. The highest BCUT2D eigenvalue weighted by molar-refractivity contribution is 5.67. The van der Waals surface area contributed by atoms with Crippen LogP contribution in [-0.4, -0.2) is 26.9 Å². The third-order valence-corrected chi connectivity index (χ3v) is 5.82. The average molecular weight is 429 g/mol. The molecule has 3 heterocycles. The lowest BCUT2D eigenvalue weighted by atomic mass is 9.91. The first-order valence-electron chi connectivity index (χ1n) is 10.7. The number of aromatic nitrogens is 4. The molecule has 0 radical (unpaired) electrons. The third-order valence-electron chi connectivity index (χ3n) is 5.82. The number of anilines is 2. The van der Waals surface area contributed by atoms with E-state index < -0.39 is 0 Å². The van der Waals surface area contributed by atoms with Gasteiger partial charge in [0.2, 0.25) is 5.95 Å². The van der Waals surface area contributed by atoms with Crippen LogP contribution in [0.5, 0.6) is 5.75 Å². The van der Waals surface area contributed by atoms with Gasteiger partial charge < -0.3 is 10.1 Å². The molecule has 0 aliphatic carbocycles. The van der Waals surface area contributed by atoms with Gasteiger partial charge in [0.15, 0.2) is 11.6 Å². The molecule has 0 saturated heterocycles. The Morgan fingerprint density at radius 2 is 1.91 bits per heavy atom. The zero-order valence-electron chi connectivity index (χ0n) is 18.0. The first-order valence-corrected chi connectivity index (χ1v) is 10.7. The number of pyridine rings is 1. The molecule has 0 fully saturated rings. The predicted octanol–water partition coefficient (Wildman–Crippen LogP) is 5.47. The first-order chi connectivity index (χ1) is 15.6. The van der Waals surface area contributed by atoms with Gasteiger partial charge in [0.1, 0.15) is 5.82 Å². The molecule has 0 amide bonds. The van der Waals surface area contributed by atoms with Gasteiger partial charge in [0.05, 0.1) is 7.11 Å². The quantitative estimate of drug-likeness (QED) is 0.456. The lowest BCUT2D eigenvalue weighted by molar-refractivity contribution is 0.385. The number of halogens is 1. The number of hydrogen-bond donors (Lipinski definition) is 1. The number of hydrogen-bond acceptors (Lipinski definition) is 5. The highest BCUT2D eigenvalue weighted by Crippen LogP contribution is 2.35. The van der Waals surface area contributed by atoms with Gasteiger partial charge in [-0.25, -0.2) is 9.07 Å². The van der Waals surface area contributed by atoms with Crippen molar-refractivity contribution < 1.29 is 9.13 Å². The Kier molecular flexibility index (Phi) is 5.31. The predicted molar refractivity (Wildman–Crippen MR) is 122 cm³/mol. The van der Waals surface area contributed by atoms with Crippen molar-refractivity contribution in [2.45, 2.75) is 32.2 Å². The number of aryl methyl sites for hydroxylation is 2. The fraction of sp³-hybridized carbons (Fsp3) is 0.240. The van der Waals surface area contributed by atoms with Crippen molar-refractivity contribution in [3.63, 3.8) is 0 Å². The van der Waals surface area contributed by atoms with Crippen LogP contribution in [0.1, 0.15) is 35.8 Å². The number of rotatable bonds is 5. The summed E-state index contributed by atoms with van der Waals surface area (Å²) < 4.78 is 21.2. The molecule has 1 aliphatic rings. The lowest BCUT2D eigenvalue weighted by Gasteiger charge is -2.22. The summed E-state index contributed by atoms with van der Waals surface area (Å²) in [5.41, 5.74) is 5.05. The van der Waals surface area contributed by atoms with Crippen LogP contribution in [-0.2, 0) is 6.54 Å². The maximum Gasteiger partial charge on any atom is 0.246 e. The normalized spacial score (nSPS) is 15.3. The summed E-state index contributed by atoms with van der Waals surface area (Å²) in [4.78, 5) is 9.00. The van der Waals surface area contributed by atoms with E-state index in [0.717, 1.165) is 53.3 Å². The summed E-state index contributed by atoms with van der Waals surface area (Å²) in [6.45, 7) is 2.79. The van der Waals surface area contributed by atoms with Crippen molar-refractivity contribution >= 4 is 11.6 Å². The smallest absolute Gasteiger partial charge is 0.246 e. The zero-order chi connectivity index (χ0) is 22.1. The number of nitrogens with zero attached hydrogens (tertiary/aromatic N) is 4. The number of ether oxygens (including phenoxy) is 1. The SMILES string of the molecule is COc1ccc(C2CCCn3nc(Nc4ccc(-c5ccnc(C)c5)cc4)nc32)cc1F. The average Bonchev–Trinajstić information content (AvgIpc) is 3.22. The van der Waals surface area contributed by atoms with Crippen molar-refractivity contribution in [3.8, 4) is 16.9 Å². The van der Waals surface area contributed by atoms with Gasteiger partial charge in [-0.15, -0.1) is 5.10 Å². The first kappa shape index (κ1) is 20.2. The van der Waals surface area contributed by atoms with E-state index in [2.05, 4.69) is 33.6 Å². The molecule has 6 nitrogen and oxygen atoms in total. The molecular formula is C25H24FN5O. The highest BCUT2D eigenvalue weighted by Gasteiger charge is 2.26. The van der Waals surface area contributed by atoms with Gasteiger partial charge in [0.25, 0.3) is 0 Å². The van der Waals surface area contributed by atoms with Gasteiger partial charge in [-0.05, 0) is 72.9 Å². The Balaban J connectivity index is 1.37. The van der Waals surface area contributed by atoms with Crippen molar-refractivity contribution in [3.05, 3.63) is 83.7 Å². The highest BCUT2D eigenvalue weighted by atomic mass is 19.1. The number of nitrogens with one attached hydrogen (secondary N) is 1. The summed E-state index contributed by atoms with van der Waals surface area (Å²) in [6, 6.07) is 17.3. The van der Waals surface area contributed by atoms with Crippen LogP contribution in [0.15, 0.2) is 60.8 Å². The molecule has 0 saturated carbocycles. The molecule has 1 N–H and O–H groups in total. The van der Waals surface area contributed by atoms with Crippen LogP contribution in [0.4, 0.5) is 16.0 Å². The van der Waals surface area contributed by atoms with Crippen LogP contribution in [0.2, 0.25) is 0 Å². The molecule has 1 unspecified atom stereocenters. The molecule has 1 atom stereocenters. The number of benzene rings is 2. The molecule has 2 aromatic carbocycles. The standard InChI is InChI=1S/C25H24FN5O/c1-16-14-18(11-12-27-16)17-5-8-20(9-6-17)28-25-29-24-21(4-3-13-31(24)30-25)19-7-10-23(32-2)22(26)15-19/h5-12,14-15,21H,3-4,13H2,1-2H3,(H,28,30). The summed E-state index contributed by atoms with van der Waals surface area (Å²) >= 11 is 0. The largest absolute Gasteiger partial charge is 0.494 e. The van der Waals surface area contributed by atoms with E-state index >= 15 is 0 Å². The molecule has 0 bridgehead atoms. The van der Waals surface area contributed by atoms with Crippen LogP contribution < -0.4 is 10.1 Å². The second kappa shape index (κ2) is 8.42. The van der Waals surface area contributed by atoms with Gasteiger partial charge in [-0.2, -0.15) is 4.98 Å². The maximum atomic E-state index is 14.3. The summed E-state index contributed by atoms with van der Waals surface area (Å²) in [5, 5.41) is 7.94. The zero-order valence-corrected chi connectivity index (χ0v) is 18.0. The van der Waals surface area contributed by atoms with E-state index in [9.17, 15) is 4.39 Å². The molecular weight excluding hydrogens is 405 g/mol.